The molecule has 0 N–H and O–H groups in total. The van der Waals surface area contributed by atoms with Gasteiger partial charge in [0, 0.05) is 24.3 Å². The molecule has 0 aromatic heterocycles. The standard InChI is InChI=1S/C22H31NO3/c1-15(2)12-21(24)26-18-8-9-22(10-11-23(4)20(22)14-18)17-6-7-19(25-5)16(3)13-17/h6-7,13-15,20H,8-12H2,1-5H3/t20-,22-/m0/s1. The Morgan fingerprint density at radius 1 is 1.35 bits per heavy atom. The molecule has 3 rings (SSSR count). The number of nitrogens with zero attached hydrogens (tertiary/aromatic N) is 1. The molecule has 1 aliphatic carbocycles. The summed E-state index contributed by atoms with van der Waals surface area (Å²) in [7, 11) is 3.88. The van der Waals surface area contributed by atoms with Crippen molar-refractivity contribution in [1.29, 1.82) is 0 Å². The fourth-order valence-electron chi connectivity index (χ4n) is 4.50. The minimum Gasteiger partial charge on any atom is -0.496 e. The number of carbonyl (C=O) groups excluding carboxylic acids is 1. The molecule has 1 aliphatic heterocycles. The first kappa shape index (κ1) is 19.0. The van der Waals surface area contributed by atoms with E-state index < -0.39 is 0 Å². The van der Waals surface area contributed by atoms with Gasteiger partial charge in [0.1, 0.15) is 11.5 Å². The molecule has 4 nitrogen and oxygen atoms in total. The lowest BCUT2D eigenvalue weighted by molar-refractivity contribution is -0.140. The molecule has 26 heavy (non-hydrogen) atoms. The van der Waals surface area contributed by atoms with Crippen LogP contribution in [0.5, 0.6) is 5.75 Å². The van der Waals surface area contributed by atoms with Crippen LogP contribution in [0, 0.1) is 12.8 Å². The zero-order valence-corrected chi connectivity index (χ0v) is 16.7. The van der Waals surface area contributed by atoms with Gasteiger partial charge >= 0.3 is 5.97 Å². The second kappa shape index (κ2) is 7.43. The van der Waals surface area contributed by atoms with E-state index in [4.69, 9.17) is 9.47 Å². The van der Waals surface area contributed by atoms with Gasteiger partial charge in [0.05, 0.1) is 7.11 Å². The fourth-order valence-corrected chi connectivity index (χ4v) is 4.50. The summed E-state index contributed by atoms with van der Waals surface area (Å²) in [6.07, 6.45) is 5.62. The molecule has 1 aromatic carbocycles. The molecule has 1 aromatic rings. The minimum absolute atomic E-state index is 0.0970. The van der Waals surface area contributed by atoms with Crippen LogP contribution >= 0.6 is 0 Å². The summed E-state index contributed by atoms with van der Waals surface area (Å²) >= 11 is 0. The van der Waals surface area contributed by atoms with E-state index in [0.29, 0.717) is 12.3 Å². The number of esters is 1. The highest BCUT2D eigenvalue weighted by atomic mass is 16.5. The molecule has 0 radical (unpaired) electrons. The van der Waals surface area contributed by atoms with Crippen molar-refractivity contribution < 1.29 is 14.3 Å². The summed E-state index contributed by atoms with van der Waals surface area (Å²) in [5.41, 5.74) is 2.64. The number of benzene rings is 1. The number of hydrogen-bond acceptors (Lipinski definition) is 4. The van der Waals surface area contributed by atoms with Crippen LogP contribution in [0.25, 0.3) is 0 Å². The Bertz CT molecular complexity index is 709. The minimum atomic E-state index is -0.111. The molecule has 0 unspecified atom stereocenters. The SMILES string of the molecule is COc1ccc([C@@]23CCC(OC(=O)CC(C)C)=C[C@@H]2N(C)CC3)cc1C. The van der Waals surface area contributed by atoms with E-state index in [1.807, 2.05) is 13.8 Å². The van der Waals surface area contributed by atoms with Gasteiger partial charge in [0.25, 0.3) is 0 Å². The van der Waals surface area contributed by atoms with Crippen LogP contribution in [0.4, 0.5) is 0 Å². The van der Waals surface area contributed by atoms with Gasteiger partial charge in [-0.2, -0.15) is 0 Å². The number of allylic oxidation sites excluding steroid dienone is 1. The Labute approximate surface area is 157 Å². The number of methoxy groups -OCH3 is 1. The number of rotatable bonds is 5. The Morgan fingerprint density at radius 2 is 2.12 bits per heavy atom. The second-order valence-corrected chi connectivity index (χ2v) is 8.22. The third-order valence-electron chi connectivity index (χ3n) is 5.90. The van der Waals surface area contributed by atoms with Crippen LogP contribution in [0.1, 0.15) is 50.7 Å². The smallest absolute Gasteiger partial charge is 0.311 e. The van der Waals surface area contributed by atoms with E-state index in [-0.39, 0.29) is 17.4 Å². The molecule has 1 saturated heterocycles. The van der Waals surface area contributed by atoms with Crippen LogP contribution < -0.4 is 4.74 Å². The third-order valence-corrected chi connectivity index (χ3v) is 5.90. The second-order valence-electron chi connectivity index (χ2n) is 8.22. The Morgan fingerprint density at radius 3 is 2.77 bits per heavy atom. The molecule has 2 aliphatic rings. The van der Waals surface area contributed by atoms with Gasteiger partial charge < -0.3 is 9.47 Å². The zero-order chi connectivity index (χ0) is 18.9. The van der Waals surface area contributed by atoms with E-state index >= 15 is 0 Å². The van der Waals surface area contributed by atoms with E-state index in [1.54, 1.807) is 7.11 Å². The first-order valence-electron chi connectivity index (χ1n) is 9.62. The predicted molar refractivity (Wildman–Crippen MR) is 103 cm³/mol. The molecular weight excluding hydrogens is 326 g/mol. The number of likely N-dealkylation sites (N-methyl/N-ethyl adjacent to an activating group) is 1. The Kier molecular flexibility index (Phi) is 5.42. The normalized spacial score (nSPS) is 25.8. The van der Waals surface area contributed by atoms with Gasteiger partial charge in [-0.25, -0.2) is 0 Å². The van der Waals surface area contributed by atoms with Crippen LogP contribution in [-0.2, 0) is 14.9 Å². The van der Waals surface area contributed by atoms with Gasteiger partial charge in [-0.1, -0.05) is 26.0 Å². The molecule has 0 spiro atoms. The number of ether oxygens (including phenoxy) is 2. The van der Waals surface area contributed by atoms with Gasteiger partial charge in [-0.15, -0.1) is 0 Å². The van der Waals surface area contributed by atoms with E-state index in [2.05, 4.69) is 43.1 Å². The number of likely N-dealkylation sites (tertiary alicyclic amines) is 1. The van der Waals surface area contributed by atoms with Crippen molar-refractivity contribution in [2.45, 2.75) is 57.9 Å². The number of fused-ring (bicyclic) bond motifs is 1. The monoisotopic (exact) mass is 357 g/mol. The molecule has 0 bridgehead atoms. The van der Waals surface area contributed by atoms with Gasteiger partial charge in [-0.05, 0) is 62.5 Å². The van der Waals surface area contributed by atoms with Crippen LogP contribution in [0.2, 0.25) is 0 Å². The molecule has 0 saturated carbocycles. The van der Waals surface area contributed by atoms with Crippen molar-refractivity contribution in [1.82, 2.24) is 4.90 Å². The van der Waals surface area contributed by atoms with Crippen LogP contribution in [0.3, 0.4) is 0 Å². The van der Waals surface area contributed by atoms with Crippen molar-refractivity contribution in [3.8, 4) is 5.75 Å². The molecule has 1 heterocycles. The number of hydrogen-bond donors (Lipinski definition) is 0. The maximum atomic E-state index is 12.1. The van der Waals surface area contributed by atoms with Crippen molar-refractivity contribution in [2.75, 3.05) is 20.7 Å². The maximum Gasteiger partial charge on any atom is 0.311 e. The number of aryl methyl sites for hydroxylation is 1. The van der Waals surface area contributed by atoms with E-state index in [1.165, 1.54) is 11.1 Å². The highest BCUT2D eigenvalue weighted by Gasteiger charge is 2.48. The summed E-state index contributed by atoms with van der Waals surface area (Å²) in [6, 6.07) is 6.83. The highest BCUT2D eigenvalue weighted by Crippen LogP contribution is 2.48. The number of carbonyl (C=O) groups is 1. The summed E-state index contributed by atoms with van der Waals surface area (Å²) in [4.78, 5) is 14.5. The van der Waals surface area contributed by atoms with Crippen molar-refractivity contribution >= 4 is 5.97 Å². The third kappa shape index (κ3) is 3.52. The van der Waals surface area contributed by atoms with Gasteiger partial charge in [0.2, 0.25) is 0 Å². The van der Waals surface area contributed by atoms with Crippen molar-refractivity contribution in [3.05, 3.63) is 41.2 Å². The first-order valence-corrected chi connectivity index (χ1v) is 9.62. The van der Waals surface area contributed by atoms with Crippen molar-refractivity contribution in [2.24, 2.45) is 5.92 Å². The lowest BCUT2D eigenvalue weighted by atomic mass is 9.68. The van der Waals surface area contributed by atoms with Crippen molar-refractivity contribution in [3.63, 3.8) is 0 Å². The Balaban J connectivity index is 1.87. The summed E-state index contributed by atoms with van der Waals surface area (Å²) in [5, 5.41) is 0. The fraction of sp³-hybridized carbons (Fsp3) is 0.591. The molecular formula is C22H31NO3. The Hall–Kier alpha value is -1.81. The zero-order valence-electron chi connectivity index (χ0n) is 16.7. The van der Waals surface area contributed by atoms with Crippen LogP contribution in [0.15, 0.2) is 30.0 Å². The summed E-state index contributed by atoms with van der Waals surface area (Å²) in [6.45, 7) is 7.24. The van der Waals surface area contributed by atoms with E-state index in [9.17, 15) is 4.79 Å². The maximum absolute atomic E-state index is 12.1. The van der Waals surface area contributed by atoms with Gasteiger partial charge in [-0.3, -0.25) is 9.69 Å². The van der Waals surface area contributed by atoms with Crippen LogP contribution in [-0.4, -0.2) is 37.6 Å². The topological polar surface area (TPSA) is 38.8 Å². The quantitative estimate of drug-likeness (QED) is 0.740. The summed E-state index contributed by atoms with van der Waals surface area (Å²) < 4.78 is 11.1. The highest BCUT2D eigenvalue weighted by molar-refractivity contribution is 5.70. The average molecular weight is 357 g/mol. The predicted octanol–water partition coefficient (Wildman–Crippen LogP) is 4.21. The lowest BCUT2D eigenvalue weighted by Crippen LogP contribution is -2.42. The molecule has 1 fully saturated rings. The first-order chi connectivity index (χ1) is 12.4. The average Bonchev–Trinajstić information content (AvgIpc) is 2.92. The largest absolute Gasteiger partial charge is 0.496 e. The molecule has 2 atom stereocenters. The lowest BCUT2D eigenvalue weighted by Gasteiger charge is -2.40. The van der Waals surface area contributed by atoms with Gasteiger partial charge in [0.15, 0.2) is 0 Å². The van der Waals surface area contributed by atoms with E-state index in [0.717, 1.165) is 37.3 Å². The molecule has 4 heteroatoms. The molecule has 142 valence electrons. The molecule has 0 amide bonds. The summed E-state index contributed by atoms with van der Waals surface area (Å²) in [5.74, 6) is 1.99.